The zero-order chi connectivity index (χ0) is 14.3. The number of anilines is 1. The third-order valence-electron chi connectivity index (χ3n) is 3.51. The fourth-order valence-corrected chi connectivity index (χ4v) is 3.17. The predicted molar refractivity (Wildman–Crippen MR) is 86.3 cm³/mol. The summed E-state index contributed by atoms with van der Waals surface area (Å²) in [6.45, 7) is 14.1. The maximum absolute atomic E-state index is 4.85. The van der Waals surface area contributed by atoms with Crippen molar-refractivity contribution in [2.24, 2.45) is 0 Å². The van der Waals surface area contributed by atoms with Crippen molar-refractivity contribution in [3.8, 4) is 0 Å². The van der Waals surface area contributed by atoms with Crippen LogP contribution in [0.3, 0.4) is 0 Å². The van der Waals surface area contributed by atoms with Crippen LogP contribution < -0.4 is 10.2 Å². The maximum Gasteiger partial charge on any atom is 0.185 e. The second-order valence-corrected chi connectivity index (χ2v) is 6.04. The zero-order valence-electron chi connectivity index (χ0n) is 13.1. The van der Waals surface area contributed by atoms with Gasteiger partial charge < -0.3 is 10.2 Å². The van der Waals surface area contributed by atoms with Gasteiger partial charge in [0.1, 0.15) is 0 Å². The van der Waals surface area contributed by atoms with Crippen LogP contribution in [0.2, 0.25) is 0 Å². The van der Waals surface area contributed by atoms with Gasteiger partial charge in [-0.15, -0.1) is 11.3 Å². The Labute approximate surface area is 122 Å². The molecule has 110 valence electrons. The van der Waals surface area contributed by atoms with E-state index in [2.05, 4.69) is 44.8 Å². The standard InChI is InChI=1S/C15H29N3S/c1-6-10-13-14(11-16-12(5)7-2)19-15(17-13)18(8-3)9-4/h12,16H,6-11H2,1-5H3. The highest BCUT2D eigenvalue weighted by Gasteiger charge is 2.14. The molecule has 0 saturated heterocycles. The van der Waals surface area contributed by atoms with Gasteiger partial charge in [0.15, 0.2) is 5.13 Å². The van der Waals surface area contributed by atoms with Crippen LogP contribution in [0.1, 0.15) is 58.0 Å². The summed E-state index contributed by atoms with van der Waals surface area (Å²) in [6, 6.07) is 0.577. The van der Waals surface area contributed by atoms with Crippen LogP contribution in [0.4, 0.5) is 5.13 Å². The van der Waals surface area contributed by atoms with E-state index in [1.165, 1.54) is 22.1 Å². The molecule has 0 bridgehead atoms. The van der Waals surface area contributed by atoms with E-state index in [9.17, 15) is 0 Å². The van der Waals surface area contributed by atoms with E-state index in [1.54, 1.807) is 0 Å². The van der Waals surface area contributed by atoms with E-state index in [-0.39, 0.29) is 0 Å². The molecule has 3 nitrogen and oxygen atoms in total. The lowest BCUT2D eigenvalue weighted by Crippen LogP contribution is -2.24. The Balaban J connectivity index is 2.81. The first-order valence-electron chi connectivity index (χ1n) is 7.62. The summed E-state index contributed by atoms with van der Waals surface area (Å²) in [6.07, 6.45) is 3.43. The van der Waals surface area contributed by atoms with Gasteiger partial charge >= 0.3 is 0 Å². The molecule has 0 amide bonds. The normalized spacial score (nSPS) is 12.7. The highest BCUT2D eigenvalue weighted by molar-refractivity contribution is 7.15. The summed E-state index contributed by atoms with van der Waals surface area (Å²) >= 11 is 1.86. The van der Waals surface area contributed by atoms with Gasteiger partial charge in [0, 0.05) is 30.6 Å². The predicted octanol–water partition coefficient (Wildman–Crippen LogP) is 3.83. The van der Waals surface area contributed by atoms with Gasteiger partial charge in [-0.3, -0.25) is 0 Å². The van der Waals surface area contributed by atoms with E-state index in [0.29, 0.717) is 6.04 Å². The van der Waals surface area contributed by atoms with Gasteiger partial charge in [-0.1, -0.05) is 20.3 Å². The molecule has 0 aliphatic carbocycles. The number of hydrogen-bond donors (Lipinski definition) is 1. The van der Waals surface area contributed by atoms with E-state index < -0.39 is 0 Å². The summed E-state index contributed by atoms with van der Waals surface area (Å²) in [5, 5.41) is 4.78. The molecule has 0 aromatic carbocycles. The lowest BCUT2D eigenvalue weighted by Gasteiger charge is -2.16. The third kappa shape index (κ3) is 4.77. The van der Waals surface area contributed by atoms with Crippen LogP contribution >= 0.6 is 11.3 Å². The zero-order valence-corrected chi connectivity index (χ0v) is 13.9. The molecule has 0 radical (unpaired) electrons. The molecule has 1 aromatic rings. The minimum absolute atomic E-state index is 0.577. The number of thiazole rings is 1. The van der Waals surface area contributed by atoms with Crippen molar-refractivity contribution in [2.45, 2.75) is 66.5 Å². The molecule has 0 aliphatic heterocycles. The summed E-state index contributed by atoms with van der Waals surface area (Å²) < 4.78 is 0. The number of aromatic nitrogens is 1. The van der Waals surface area contributed by atoms with Gasteiger partial charge in [-0.25, -0.2) is 4.98 Å². The van der Waals surface area contributed by atoms with Gasteiger partial charge in [0.2, 0.25) is 0 Å². The second kappa shape index (κ2) is 8.54. The fourth-order valence-electron chi connectivity index (χ4n) is 1.98. The molecule has 1 N–H and O–H groups in total. The molecule has 1 aromatic heterocycles. The minimum Gasteiger partial charge on any atom is -0.349 e. The highest BCUT2D eigenvalue weighted by Crippen LogP contribution is 2.27. The van der Waals surface area contributed by atoms with E-state index in [1.807, 2.05) is 11.3 Å². The maximum atomic E-state index is 4.85. The molecule has 0 aliphatic rings. The Morgan fingerprint density at radius 2 is 1.89 bits per heavy atom. The van der Waals surface area contributed by atoms with Crippen LogP contribution in [0.15, 0.2) is 0 Å². The summed E-state index contributed by atoms with van der Waals surface area (Å²) in [5.41, 5.74) is 1.30. The van der Waals surface area contributed by atoms with E-state index >= 15 is 0 Å². The van der Waals surface area contributed by atoms with Crippen LogP contribution in [0.25, 0.3) is 0 Å². The topological polar surface area (TPSA) is 28.2 Å². The summed E-state index contributed by atoms with van der Waals surface area (Å²) in [5.74, 6) is 0. The lowest BCUT2D eigenvalue weighted by atomic mass is 10.2. The van der Waals surface area contributed by atoms with Gasteiger partial charge in [0.25, 0.3) is 0 Å². The van der Waals surface area contributed by atoms with Gasteiger partial charge in [-0.2, -0.15) is 0 Å². The van der Waals surface area contributed by atoms with E-state index in [0.717, 1.165) is 32.5 Å². The first-order valence-corrected chi connectivity index (χ1v) is 8.44. The first kappa shape index (κ1) is 16.4. The molecule has 1 heterocycles. The largest absolute Gasteiger partial charge is 0.349 e. The van der Waals surface area contributed by atoms with Crippen LogP contribution in [-0.4, -0.2) is 24.1 Å². The van der Waals surface area contributed by atoms with Crippen molar-refractivity contribution in [1.82, 2.24) is 10.3 Å². The monoisotopic (exact) mass is 283 g/mol. The van der Waals surface area contributed by atoms with Gasteiger partial charge in [-0.05, 0) is 33.6 Å². The Kier molecular flexibility index (Phi) is 7.39. The Hall–Kier alpha value is -0.610. The molecular formula is C15H29N3S. The lowest BCUT2D eigenvalue weighted by molar-refractivity contribution is 0.535. The number of nitrogens with zero attached hydrogens (tertiary/aromatic N) is 2. The smallest absolute Gasteiger partial charge is 0.185 e. The van der Waals surface area contributed by atoms with Crippen molar-refractivity contribution >= 4 is 16.5 Å². The molecule has 19 heavy (non-hydrogen) atoms. The minimum atomic E-state index is 0.577. The molecule has 0 spiro atoms. The Morgan fingerprint density at radius 3 is 2.42 bits per heavy atom. The second-order valence-electron chi connectivity index (χ2n) is 4.98. The molecule has 1 unspecified atom stereocenters. The number of aryl methyl sites for hydroxylation is 1. The third-order valence-corrected chi connectivity index (χ3v) is 4.67. The average molecular weight is 283 g/mol. The molecule has 1 rings (SSSR count). The molecule has 0 saturated carbocycles. The highest BCUT2D eigenvalue weighted by atomic mass is 32.1. The van der Waals surface area contributed by atoms with Crippen LogP contribution in [-0.2, 0) is 13.0 Å². The van der Waals surface area contributed by atoms with Crippen molar-refractivity contribution in [3.05, 3.63) is 10.6 Å². The molecule has 0 fully saturated rings. The first-order chi connectivity index (χ1) is 9.15. The number of hydrogen-bond acceptors (Lipinski definition) is 4. The van der Waals surface area contributed by atoms with Crippen molar-refractivity contribution in [2.75, 3.05) is 18.0 Å². The SMILES string of the molecule is CCCc1nc(N(CC)CC)sc1CNC(C)CC. The van der Waals surface area contributed by atoms with Gasteiger partial charge in [0.05, 0.1) is 5.69 Å². The van der Waals surface area contributed by atoms with Crippen LogP contribution in [0, 0.1) is 0 Å². The molecule has 1 atom stereocenters. The summed E-state index contributed by atoms with van der Waals surface area (Å²) in [4.78, 5) is 8.61. The van der Waals surface area contributed by atoms with Crippen LogP contribution in [0.5, 0.6) is 0 Å². The number of rotatable bonds is 9. The van der Waals surface area contributed by atoms with Crippen molar-refractivity contribution < 1.29 is 0 Å². The van der Waals surface area contributed by atoms with Crippen molar-refractivity contribution in [1.29, 1.82) is 0 Å². The van der Waals surface area contributed by atoms with Crippen molar-refractivity contribution in [3.63, 3.8) is 0 Å². The molecular weight excluding hydrogens is 254 g/mol. The Bertz CT molecular complexity index is 358. The van der Waals surface area contributed by atoms with E-state index in [4.69, 9.17) is 4.98 Å². The Morgan fingerprint density at radius 1 is 1.21 bits per heavy atom. The average Bonchev–Trinajstić information content (AvgIpc) is 2.81. The number of nitrogens with one attached hydrogen (secondary N) is 1. The molecule has 4 heteroatoms. The fraction of sp³-hybridized carbons (Fsp3) is 0.800. The summed E-state index contributed by atoms with van der Waals surface area (Å²) in [7, 11) is 0. The quantitative estimate of drug-likeness (QED) is 0.746.